The molecule has 134 valence electrons. The number of rotatable bonds is 7. The summed E-state index contributed by atoms with van der Waals surface area (Å²) in [6, 6.07) is 9.25. The van der Waals surface area contributed by atoms with Crippen LogP contribution >= 0.6 is 0 Å². The lowest BCUT2D eigenvalue weighted by Gasteiger charge is -2.16. The van der Waals surface area contributed by atoms with Gasteiger partial charge >= 0.3 is 5.97 Å². The van der Waals surface area contributed by atoms with Gasteiger partial charge in [-0.3, -0.25) is 10.3 Å². The standard InChI is InChI=1S/C18H18N4O4/c1-2-25-18(24)16(12-5-3-7-14(23)9-12)20-11-15-21-17(22-26-15)13-6-4-8-19-10-13/h3-10,16,20,23H,2,11H2,1H3/t16-/m1/s1. The van der Waals surface area contributed by atoms with E-state index in [-0.39, 0.29) is 18.9 Å². The van der Waals surface area contributed by atoms with Crippen molar-refractivity contribution in [2.75, 3.05) is 6.61 Å². The Morgan fingerprint density at radius 3 is 2.96 bits per heavy atom. The zero-order chi connectivity index (χ0) is 18.4. The number of carbonyl (C=O) groups excluding carboxylic acids is 1. The Labute approximate surface area is 149 Å². The molecule has 0 amide bonds. The van der Waals surface area contributed by atoms with Gasteiger partial charge in [0.25, 0.3) is 0 Å². The van der Waals surface area contributed by atoms with Crippen molar-refractivity contribution in [2.24, 2.45) is 0 Å². The van der Waals surface area contributed by atoms with E-state index in [2.05, 4.69) is 20.4 Å². The minimum absolute atomic E-state index is 0.0650. The van der Waals surface area contributed by atoms with Crippen LogP contribution in [0.15, 0.2) is 53.3 Å². The van der Waals surface area contributed by atoms with Crippen LogP contribution < -0.4 is 5.32 Å². The molecule has 0 bridgehead atoms. The first-order valence-electron chi connectivity index (χ1n) is 8.09. The molecule has 8 heteroatoms. The minimum Gasteiger partial charge on any atom is -0.508 e. The number of esters is 1. The van der Waals surface area contributed by atoms with Gasteiger partial charge in [0.05, 0.1) is 13.2 Å². The van der Waals surface area contributed by atoms with Gasteiger partial charge in [0, 0.05) is 18.0 Å². The predicted octanol–water partition coefficient (Wildman–Crippen LogP) is 2.23. The first kappa shape index (κ1) is 17.6. The number of ether oxygens (including phenoxy) is 1. The molecule has 0 saturated heterocycles. The predicted molar refractivity (Wildman–Crippen MR) is 91.8 cm³/mol. The van der Waals surface area contributed by atoms with Crippen molar-refractivity contribution in [3.05, 3.63) is 60.2 Å². The normalized spacial score (nSPS) is 11.9. The Bertz CT molecular complexity index is 866. The molecule has 0 unspecified atom stereocenters. The van der Waals surface area contributed by atoms with E-state index in [4.69, 9.17) is 9.26 Å². The van der Waals surface area contributed by atoms with Crippen molar-refractivity contribution in [3.8, 4) is 17.1 Å². The van der Waals surface area contributed by atoms with Crippen molar-refractivity contribution < 1.29 is 19.2 Å². The topological polar surface area (TPSA) is 110 Å². The van der Waals surface area contributed by atoms with Gasteiger partial charge < -0.3 is 14.4 Å². The van der Waals surface area contributed by atoms with E-state index in [9.17, 15) is 9.90 Å². The maximum absolute atomic E-state index is 12.3. The largest absolute Gasteiger partial charge is 0.508 e. The quantitative estimate of drug-likeness (QED) is 0.622. The van der Waals surface area contributed by atoms with Crippen LogP contribution in [-0.2, 0) is 16.1 Å². The van der Waals surface area contributed by atoms with Crippen LogP contribution in [0.2, 0.25) is 0 Å². The molecule has 1 aromatic carbocycles. The average molecular weight is 354 g/mol. The Balaban J connectivity index is 1.74. The van der Waals surface area contributed by atoms with E-state index in [1.54, 1.807) is 37.5 Å². The number of phenols is 1. The second kappa shape index (κ2) is 8.21. The number of hydrogen-bond acceptors (Lipinski definition) is 8. The molecule has 0 saturated carbocycles. The Kier molecular flexibility index (Phi) is 5.55. The molecule has 3 aromatic rings. The average Bonchev–Trinajstić information content (AvgIpc) is 3.12. The molecule has 0 spiro atoms. The maximum Gasteiger partial charge on any atom is 0.327 e. The first-order chi connectivity index (χ1) is 12.7. The number of aromatic hydroxyl groups is 1. The van der Waals surface area contributed by atoms with E-state index >= 15 is 0 Å². The van der Waals surface area contributed by atoms with Crippen molar-refractivity contribution in [3.63, 3.8) is 0 Å². The zero-order valence-corrected chi connectivity index (χ0v) is 14.1. The van der Waals surface area contributed by atoms with Gasteiger partial charge in [-0.05, 0) is 36.8 Å². The summed E-state index contributed by atoms with van der Waals surface area (Å²) in [7, 11) is 0. The highest BCUT2D eigenvalue weighted by Gasteiger charge is 2.23. The molecular formula is C18H18N4O4. The SMILES string of the molecule is CCOC(=O)[C@H](NCc1nc(-c2cccnc2)no1)c1cccc(O)c1. The van der Waals surface area contributed by atoms with Gasteiger partial charge in [-0.1, -0.05) is 17.3 Å². The van der Waals surface area contributed by atoms with Crippen LogP contribution in [-0.4, -0.2) is 32.8 Å². The fourth-order valence-electron chi connectivity index (χ4n) is 2.40. The summed E-state index contributed by atoms with van der Waals surface area (Å²) in [6.07, 6.45) is 3.29. The third kappa shape index (κ3) is 4.22. The van der Waals surface area contributed by atoms with Gasteiger partial charge in [0.2, 0.25) is 11.7 Å². The number of pyridine rings is 1. The molecule has 2 N–H and O–H groups in total. The lowest BCUT2D eigenvalue weighted by atomic mass is 10.1. The van der Waals surface area contributed by atoms with E-state index in [1.165, 1.54) is 12.1 Å². The molecule has 0 aliphatic rings. The molecule has 3 rings (SSSR count). The van der Waals surface area contributed by atoms with Gasteiger partial charge in [-0.15, -0.1) is 0 Å². The monoisotopic (exact) mass is 354 g/mol. The number of benzene rings is 1. The molecule has 26 heavy (non-hydrogen) atoms. The number of aromatic nitrogens is 3. The number of carbonyl (C=O) groups is 1. The zero-order valence-electron chi connectivity index (χ0n) is 14.1. The van der Waals surface area contributed by atoms with Crippen LogP contribution in [0, 0.1) is 0 Å². The number of hydrogen-bond donors (Lipinski definition) is 2. The Morgan fingerprint density at radius 1 is 1.35 bits per heavy atom. The fourth-order valence-corrected chi connectivity index (χ4v) is 2.40. The summed E-state index contributed by atoms with van der Waals surface area (Å²) in [5, 5.41) is 16.6. The molecule has 1 atom stereocenters. The summed E-state index contributed by atoms with van der Waals surface area (Å²) in [5.41, 5.74) is 1.31. The molecule has 8 nitrogen and oxygen atoms in total. The van der Waals surface area contributed by atoms with Gasteiger partial charge in [-0.2, -0.15) is 4.98 Å². The highest BCUT2D eigenvalue weighted by Crippen LogP contribution is 2.20. The number of phenolic OH excluding ortho intramolecular Hbond substituents is 1. The third-order valence-electron chi connectivity index (χ3n) is 3.57. The second-order valence-electron chi connectivity index (χ2n) is 5.41. The smallest absolute Gasteiger partial charge is 0.327 e. The van der Waals surface area contributed by atoms with E-state index in [0.29, 0.717) is 17.3 Å². The summed E-state index contributed by atoms with van der Waals surface area (Å²) >= 11 is 0. The molecular weight excluding hydrogens is 336 g/mol. The van der Waals surface area contributed by atoms with Crippen molar-refractivity contribution in [1.82, 2.24) is 20.4 Å². The molecule has 2 heterocycles. The molecule has 0 fully saturated rings. The van der Waals surface area contributed by atoms with E-state index in [0.717, 1.165) is 5.56 Å². The lowest BCUT2D eigenvalue weighted by Crippen LogP contribution is -2.30. The van der Waals surface area contributed by atoms with Crippen LogP contribution in [0.5, 0.6) is 5.75 Å². The second-order valence-corrected chi connectivity index (χ2v) is 5.41. The number of nitrogens with one attached hydrogen (secondary N) is 1. The Hall–Kier alpha value is -3.26. The van der Waals surface area contributed by atoms with Gasteiger partial charge in [0.15, 0.2) is 0 Å². The first-order valence-corrected chi connectivity index (χ1v) is 8.09. The Morgan fingerprint density at radius 2 is 2.23 bits per heavy atom. The van der Waals surface area contributed by atoms with Crippen molar-refractivity contribution >= 4 is 5.97 Å². The molecule has 0 radical (unpaired) electrons. The van der Waals surface area contributed by atoms with Crippen LogP contribution in [0.3, 0.4) is 0 Å². The minimum atomic E-state index is -0.768. The third-order valence-corrected chi connectivity index (χ3v) is 3.57. The molecule has 2 aromatic heterocycles. The van der Waals surface area contributed by atoms with Gasteiger partial charge in [0.1, 0.15) is 11.8 Å². The summed E-state index contributed by atoms with van der Waals surface area (Å²) in [5.74, 6) is 0.346. The maximum atomic E-state index is 12.3. The van der Waals surface area contributed by atoms with Gasteiger partial charge in [-0.25, -0.2) is 4.79 Å². The fraction of sp³-hybridized carbons (Fsp3) is 0.222. The number of nitrogens with zero attached hydrogens (tertiary/aromatic N) is 3. The van der Waals surface area contributed by atoms with E-state index < -0.39 is 12.0 Å². The van der Waals surface area contributed by atoms with Crippen molar-refractivity contribution in [1.29, 1.82) is 0 Å². The summed E-state index contributed by atoms with van der Waals surface area (Å²) in [4.78, 5) is 20.6. The highest BCUT2D eigenvalue weighted by molar-refractivity contribution is 5.77. The molecule has 0 aliphatic carbocycles. The lowest BCUT2D eigenvalue weighted by molar-refractivity contribution is -0.145. The van der Waals surface area contributed by atoms with E-state index in [1.807, 2.05) is 6.07 Å². The summed E-state index contributed by atoms with van der Waals surface area (Å²) < 4.78 is 10.3. The molecule has 0 aliphatic heterocycles. The van der Waals surface area contributed by atoms with Crippen LogP contribution in [0.1, 0.15) is 24.4 Å². The van der Waals surface area contributed by atoms with Crippen molar-refractivity contribution in [2.45, 2.75) is 19.5 Å². The van der Waals surface area contributed by atoms with Crippen LogP contribution in [0.4, 0.5) is 0 Å². The summed E-state index contributed by atoms with van der Waals surface area (Å²) in [6.45, 7) is 2.14. The highest BCUT2D eigenvalue weighted by atomic mass is 16.5. The van der Waals surface area contributed by atoms with Crippen LogP contribution in [0.25, 0.3) is 11.4 Å².